The minimum absolute atomic E-state index is 0.104. The third-order valence-electron chi connectivity index (χ3n) is 7.04. The number of anilines is 4. The van der Waals surface area contributed by atoms with Crippen LogP contribution in [0.4, 0.5) is 27.3 Å². The van der Waals surface area contributed by atoms with E-state index in [1.54, 1.807) is 19.2 Å². The predicted octanol–water partition coefficient (Wildman–Crippen LogP) is 3.89. The summed E-state index contributed by atoms with van der Waals surface area (Å²) in [4.78, 5) is 22.1. The highest BCUT2D eigenvalue weighted by molar-refractivity contribution is 5.93. The van der Waals surface area contributed by atoms with E-state index in [1.807, 2.05) is 13.1 Å². The number of benzene rings is 1. The molecule has 32 heavy (non-hydrogen) atoms. The zero-order valence-corrected chi connectivity index (χ0v) is 18.4. The number of nitrogens with one attached hydrogen (secondary N) is 1. The van der Waals surface area contributed by atoms with Gasteiger partial charge in [0.05, 0.1) is 22.6 Å². The number of nitrogens with zero attached hydrogens (tertiary/aromatic N) is 5. The van der Waals surface area contributed by atoms with Crippen LogP contribution in [0.15, 0.2) is 35.1 Å². The second-order valence-electron chi connectivity index (χ2n) is 8.73. The number of rotatable bonds is 0. The fourth-order valence-corrected chi connectivity index (χ4v) is 5.17. The van der Waals surface area contributed by atoms with Crippen molar-refractivity contribution in [3.8, 4) is 6.07 Å². The third-order valence-corrected chi connectivity index (χ3v) is 7.04. The molecule has 0 spiro atoms. The minimum Gasteiger partial charge on any atom is -0.370 e. The number of nitriles is 1. The van der Waals surface area contributed by atoms with Crippen LogP contribution in [0.3, 0.4) is 0 Å². The smallest absolute Gasteiger partial charge is 0.270 e. The fourth-order valence-electron chi connectivity index (χ4n) is 5.17. The van der Waals surface area contributed by atoms with Gasteiger partial charge < -0.3 is 19.7 Å². The van der Waals surface area contributed by atoms with E-state index < -0.39 is 0 Å². The van der Waals surface area contributed by atoms with Crippen LogP contribution in [0.5, 0.6) is 0 Å². The van der Waals surface area contributed by atoms with Crippen molar-refractivity contribution in [1.29, 1.82) is 5.26 Å². The van der Waals surface area contributed by atoms with Gasteiger partial charge >= 0.3 is 0 Å². The Hall–Kier alpha value is -3.60. The van der Waals surface area contributed by atoms with Gasteiger partial charge in [0.15, 0.2) is 0 Å². The quantitative estimate of drug-likeness (QED) is 0.581. The molecule has 2 aliphatic heterocycles. The Balaban J connectivity index is 1.81. The number of fused-ring (bicyclic) bond motifs is 2. The molecule has 0 radical (unpaired) electrons. The summed E-state index contributed by atoms with van der Waals surface area (Å²) >= 11 is 0. The molecule has 1 aromatic carbocycles. The average molecular weight is 433 g/mol. The van der Waals surface area contributed by atoms with Crippen LogP contribution < -0.4 is 20.7 Å². The maximum atomic E-state index is 14.2. The fraction of sp³-hybridized carbons (Fsp3) is 0.375. The van der Waals surface area contributed by atoms with E-state index in [2.05, 4.69) is 28.2 Å². The molecule has 1 fully saturated rings. The molecule has 6 rings (SSSR count). The van der Waals surface area contributed by atoms with Gasteiger partial charge in [-0.15, -0.1) is 0 Å². The van der Waals surface area contributed by atoms with E-state index in [-0.39, 0.29) is 23.0 Å². The summed E-state index contributed by atoms with van der Waals surface area (Å²) in [5, 5.41) is 13.1. The average Bonchev–Trinajstić information content (AvgIpc) is 2.80. The summed E-state index contributed by atoms with van der Waals surface area (Å²) in [7, 11) is 5.66. The number of aromatic nitrogens is 2. The summed E-state index contributed by atoms with van der Waals surface area (Å²) in [6.07, 6.45) is 3.78. The van der Waals surface area contributed by atoms with Crippen molar-refractivity contribution in [2.45, 2.75) is 37.8 Å². The largest absolute Gasteiger partial charge is 0.370 e. The van der Waals surface area contributed by atoms with Crippen LogP contribution in [0.2, 0.25) is 0 Å². The summed E-state index contributed by atoms with van der Waals surface area (Å²) < 4.78 is 15.6. The zero-order chi connectivity index (χ0) is 22.6. The lowest BCUT2D eigenvalue weighted by Crippen LogP contribution is -2.42. The maximum Gasteiger partial charge on any atom is 0.270 e. The van der Waals surface area contributed by atoms with E-state index in [0.29, 0.717) is 34.3 Å². The Kier molecular flexibility index (Phi) is 4.77. The lowest BCUT2D eigenvalue weighted by molar-refractivity contribution is 0.376. The van der Waals surface area contributed by atoms with Crippen LogP contribution in [0.25, 0.3) is 11.0 Å². The van der Waals surface area contributed by atoms with Gasteiger partial charge in [0, 0.05) is 33.2 Å². The molecule has 0 atom stereocenters. The van der Waals surface area contributed by atoms with Gasteiger partial charge in [-0.25, -0.2) is 9.37 Å². The zero-order valence-electron chi connectivity index (χ0n) is 18.4. The summed E-state index contributed by atoms with van der Waals surface area (Å²) in [5.74, 6) is 0.203. The molecular weight excluding hydrogens is 407 g/mol. The summed E-state index contributed by atoms with van der Waals surface area (Å²) in [6, 6.07) is 11.0. The highest BCUT2D eigenvalue weighted by Gasteiger charge is 2.31. The predicted molar refractivity (Wildman–Crippen MR) is 124 cm³/mol. The summed E-state index contributed by atoms with van der Waals surface area (Å²) in [5.41, 5.74) is 3.15. The SMILES string of the molecule is CN1c2ccc(F)cc2Nc2ccc3c(n2)c(c(C#N)c(=O)n3C)N(C)C2CCC1CC2. The molecular formula is C24H25FN6O. The monoisotopic (exact) mass is 432 g/mol. The molecule has 0 saturated heterocycles. The van der Waals surface area contributed by atoms with Crippen molar-refractivity contribution >= 4 is 33.9 Å². The van der Waals surface area contributed by atoms with Gasteiger partial charge in [0.25, 0.3) is 5.56 Å². The first-order chi connectivity index (χ1) is 15.4. The number of aryl methyl sites for hydroxylation is 1. The molecule has 0 amide bonds. The first kappa shape index (κ1) is 20.3. The van der Waals surface area contributed by atoms with Crippen molar-refractivity contribution in [3.05, 3.63) is 52.1 Å². The first-order valence-electron chi connectivity index (χ1n) is 10.8. The Labute approximate surface area is 185 Å². The van der Waals surface area contributed by atoms with Gasteiger partial charge in [-0.2, -0.15) is 5.26 Å². The second kappa shape index (κ2) is 7.52. The Morgan fingerprint density at radius 3 is 2.44 bits per heavy atom. The van der Waals surface area contributed by atoms with Gasteiger partial charge in [0.2, 0.25) is 0 Å². The van der Waals surface area contributed by atoms with Crippen LogP contribution >= 0.6 is 0 Å². The lowest BCUT2D eigenvalue weighted by Gasteiger charge is -2.40. The normalized spacial score (nSPS) is 20.2. The van der Waals surface area contributed by atoms with Gasteiger partial charge in [-0.3, -0.25) is 4.79 Å². The van der Waals surface area contributed by atoms with Crippen molar-refractivity contribution < 1.29 is 4.39 Å². The van der Waals surface area contributed by atoms with Crippen LogP contribution in [-0.4, -0.2) is 35.7 Å². The van der Waals surface area contributed by atoms with Crippen molar-refractivity contribution in [3.63, 3.8) is 0 Å². The second-order valence-corrected chi connectivity index (χ2v) is 8.73. The number of hydrogen-bond acceptors (Lipinski definition) is 6. The molecule has 8 heteroatoms. The number of halogens is 1. The molecule has 3 aromatic rings. The Morgan fingerprint density at radius 1 is 1.06 bits per heavy atom. The molecule has 164 valence electrons. The Morgan fingerprint density at radius 2 is 1.75 bits per heavy atom. The molecule has 4 bridgehead atoms. The highest BCUT2D eigenvalue weighted by Crippen LogP contribution is 2.38. The van der Waals surface area contributed by atoms with Gasteiger partial charge in [-0.05, 0) is 56.0 Å². The minimum atomic E-state index is -0.326. The number of hydrogen-bond donors (Lipinski definition) is 1. The van der Waals surface area contributed by atoms with E-state index in [4.69, 9.17) is 4.98 Å². The van der Waals surface area contributed by atoms with Crippen LogP contribution in [0, 0.1) is 17.1 Å². The number of pyridine rings is 2. The molecule has 2 aromatic heterocycles. The first-order valence-corrected chi connectivity index (χ1v) is 10.8. The van der Waals surface area contributed by atoms with Crippen molar-refractivity contribution in [1.82, 2.24) is 9.55 Å². The topological polar surface area (TPSA) is 77.2 Å². The molecule has 1 N–H and O–H groups in total. The molecule has 0 unspecified atom stereocenters. The van der Waals surface area contributed by atoms with Crippen molar-refractivity contribution in [2.24, 2.45) is 7.05 Å². The highest BCUT2D eigenvalue weighted by atomic mass is 19.1. The van der Waals surface area contributed by atoms with Crippen LogP contribution in [-0.2, 0) is 7.05 Å². The van der Waals surface area contributed by atoms with E-state index in [9.17, 15) is 14.4 Å². The van der Waals surface area contributed by atoms with Gasteiger partial charge in [-0.1, -0.05) is 0 Å². The van der Waals surface area contributed by atoms with Crippen LogP contribution in [0.1, 0.15) is 31.2 Å². The third kappa shape index (κ3) is 3.08. The molecule has 3 aliphatic rings. The van der Waals surface area contributed by atoms with Crippen molar-refractivity contribution in [2.75, 3.05) is 29.2 Å². The van der Waals surface area contributed by atoms with E-state index >= 15 is 0 Å². The van der Waals surface area contributed by atoms with Gasteiger partial charge in [0.1, 0.15) is 28.8 Å². The lowest BCUT2D eigenvalue weighted by atomic mass is 9.88. The summed E-state index contributed by atoms with van der Waals surface area (Å²) in [6.45, 7) is 0. The molecule has 1 aliphatic carbocycles. The van der Waals surface area contributed by atoms with E-state index in [1.165, 1.54) is 16.7 Å². The Bertz CT molecular complexity index is 1320. The molecule has 4 heterocycles. The molecule has 7 nitrogen and oxygen atoms in total. The maximum absolute atomic E-state index is 14.2. The molecule has 1 saturated carbocycles. The standard InChI is InChI=1S/C24H25FN6O/c1-29-15-5-7-16(8-6-15)30(2)23-17(13-26)24(32)31(3)20-10-11-21(28-22(20)23)27-18-12-14(25)4-9-19(18)29/h4,9-12,15-16H,5-8H2,1-3H3,(H,27,28). The van der Waals surface area contributed by atoms with E-state index in [0.717, 1.165) is 31.4 Å².